The maximum absolute atomic E-state index is 12.3. The van der Waals surface area contributed by atoms with Crippen molar-refractivity contribution in [1.29, 1.82) is 0 Å². The fourth-order valence-corrected chi connectivity index (χ4v) is 2.29. The molecule has 1 atom stereocenters. The Morgan fingerprint density at radius 2 is 1.89 bits per heavy atom. The van der Waals surface area contributed by atoms with E-state index in [1.54, 1.807) is 29.2 Å². The fraction of sp³-hybridized carbons (Fsp3) is 0.357. The van der Waals surface area contributed by atoms with E-state index in [2.05, 4.69) is 0 Å². The number of nitrogens with zero attached hydrogens (tertiary/aromatic N) is 1. The molecule has 5 heteroatoms. The minimum atomic E-state index is -0.751. The maximum Gasteiger partial charge on any atom is 0.219 e. The molecule has 1 aromatic rings. The Hall–Kier alpha value is -1.68. The number of rotatable bonds is 2. The number of amides is 1. The molecule has 1 heterocycles. The van der Waals surface area contributed by atoms with Gasteiger partial charge in [0.2, 0.25) is 5.91 Å². The molecule has 1 unspecified atom stereocenters. The van der Waals surface area contributed by atoms with Gasteiger partial charge in [0.1, 0.15) is 5.78 Å². The van der Waals surface area contributed by atoms with Gasteiger partial charge in [0.05, 0.1) is 5.92 Å². The molecule has 1 aliphatic heterocycles. The highest BCUT2D eigenvalue weighted by molar-refractivity contribution is 6.30. The van der Waals surface area contributed by atoms with Crippen molar-refractivity contribution < 1.29 is 14.4 Å². The molecule has 1 saturated heterocycles. The van der Waals surface area contributed by atoms with E-state index in [-0.39, 0.29) is 30.4 Å². The minimum Gasteiger partial charge on any atom is -0.341 e. The average molecular weight is 280 g/mol. The zero-order valence-corrected chi connectivity index (χ0v) is 11.3. The van der Waals surface area contributed by atoms with Gasteiger partial charge in [-0.2, -0.15) is 0 Å². The lowest BCUT2D eigenvalue weighted by molar-refractivity contribution is -0.134. The third kappa shape index (κ3) is 3.01. The summed E-state index contributed by atoms with van der Waals surface area (Å²) in [6.07, 6.45) is 0.240. The van der Waals surface area contributed by atoms with Gasteiger partial charge in [-0.15, -0.1) is 0 Å². The number of carbonyl (C=O) groups excluding carboxylic acids is 3. The standard InChI is InChI=1S/C14H14ClNO3/c1-9(17)16-7-6-13(18)12(8-16)14(19)10-2-4-11(15)5-3-10/h2-5,12H,6-8H2,1H3. The average Bonchev–Trinajstić information content (AvgIpc) is 2.39. The summed E-state index contributed by atoms with van der Waals surface area (Å²) in [6, 6.07) is 6.44. The van der Waals surface area contributed by atoms with E-state index < -0.39 is 5.92 Å². The van der Waals surface area contributed by atoms with Crippen molar-refractivity contribution in [2.24, 2.45) is 5.92 Å². The zero-order valence-electron chi connectivity index (χ0n) is 10.6. The predicted molar refractivity (Wildman–Crippen MR) is 71.2 cm³/mol. The van der Waals surface area contributed by atoms with Gasteiger partial charge in [0, 0.05) is 37.0 Å². The predicted octanol–water partition coefficient (Wildman–Crippen LogP) is 1.96. The molecule has 4 nitrogen and oxygen atoms in total. The van der Waals surface area contributed by atoms with Gasteiger partial charge < -0.3 is 4.90 Å². The number of Topliss-reactive ketones (excluding diaryl/α,β-unsaturated/α-hetero) is 2. The summed E-state index contributed by atoms with van der Waals surface area (Å²) in [5.74, 6) is -1.20. The van der Waals surface area contributed by atoms with E-state index in [1.165, 1.54) is 6.92 Å². The van der Waals surface area contributed by atoms with Crippen LogP contribution in [0.5, 0.6) is 0 Å². The van der Waals surface area contributed by atoms with Crippen LogP contribution >= 0.6 is 11.6 Å². The number of hydrogen-bond donors (Lipinski definition) is 0. The summed E-state index contributed by atoms with van der Waals surface area (Å²) < 4.78 is 0. The molecule has 0 aliphatic carbocycles. The number of hydrogen-bond acceptors (Lipinski definition) is 3. The lowest BCUT2D eigenvalue weighted by Crippen LogP contribution is -2.46. The highest BCUT2D eigenvalue weighted by Gasteiger charge is 2.34. The van der Waals surface area contributed by atoms with Crippen molar-refractivity contribution in [3.8, 4) is 0 Å². The van der Waals surface area contributed by atoms with Crippen LogP contribution in [0.3, 0.4) is 0 Å². The van der Waals surface area contributed by atoms with E-state index in [0.717, 1.165) is 0 Å². The van der Waals surface area contributed by atoms with E-state index >= 15 is 0 Å². The molecule has 0 radical (unpaired) electrons. The number of benzene rings is 1. The van der Waals surface area contributed by atoms with E-state index in [9.17, 15) is 14.4 Å². The topological polar surface area (TPSA) is 54.5 Å². The van der Waals surface area contributed by atoms with Crippen molar-refractivity contribution in [3.63, 3.8) is 0 Å². The monoisotopic (exact) mass is 279 g/mol. The van der Waals surface area contributed by atoms with Crippen LogP contribution in [0.1, 0.15) is 23.7 Å². The molecule has 1 fully saturated rings. The summed E-state index contributed by atoms with van der Waals surface area (Å²) in [6.45, 7) is 2.02. The largest absolute Gasteiger partial charge is 0.341 e. The summed E-state index contributed by atoms with van der Waals surface area (Å²) in [4.78, 5) is 37.0. The van der Waals surface area contributed by atoms with Gasteiger partial charge in [-0.05, 0) is 24.3 Å². The first-order valence-corrected chi connectivity index (χ1v) is 6.45. The summed E-state index contributed by atoms with van der Waals surface area (Å²) in [5, 5.41) is 0.539. The molecule has 1 aliphatic rings. The molecule has 19 heavy (non-hydrogen) atoms. The highest BCUT2D eigenvalue weighted by Crippen LogP contribution is 2.19. The second-order valence-electron chi connectivity index (χ2n) is 4.61. The number of ketones is 2. The lowest BCUT2D eigenvalue weighted by Gasteiger charge is -2.30. The van der Waals surface area contributed by atoms with Crippen molar-refractivity contribution in [2.75, 3.05) is 13.1 Å². The Morgan fingerprint density at radius 3 is 2.47 bits per heavy atom. The van der Waals surface area contributed by atoms with E-state index in [0.29, 0.717) is 17.1 Å². The third-order valence-electron chi connectivity index (χ3n) is 3.31. The maximum atomic E-state index is 12.3. The Morgan fingerprint density at radius 1 is 1.26 bits per heavy atom. The minimum absolute atomic E-state index is 0.0996. The summed E-state index contributed by atoms with van der Waals surface area (Å²) in [7, 11) is 0. The van der Waals surface area contributed by atoms with Gasteiger partial charge in [-0.3, -0.25) is 14.4 Å². The van der Waals surface area contributed by atoms with Gasteiger partial charge in [0.25, 0.3) is 0 Å². The first-order chi connectivity index (χ1) is 8.99. The van der Waals surface area contributed by atoms with Crippen LogP contribution in [-0.2, 0) is 9.59 Å². The van der Waals surface area contributed by atoms with Gasteiger partial charge >= 0.3 is 0 Å². The molecule has 100 valence electrons. The second kappa shape index (κ2) is 5.53. The molecule has 1 aromatic carbocycles. The summed E-state index contributed by atoms with van der Waals surface area (Å²) in [5.41, 5.74) is 0.452. The number of halogens is 1. The molecular weight excluding hydrogens is 266 g/mol. The first kappa shape index (κ1) is 13.7. The highest BCUT2D eigenvalue weighted by atomic mass is 35.5. The van der Waals surface area contributed by atoms with Gasteiger partial charge in [-0.25, -0.2) is 0 Å². The lowest BCUT2D eigenvalue weighted by atomic mass is 9.89. The second-order valence-corrected chi connectivity index (χ2v) is 5.04. The molecule has 1 amide bonds. The Kier molecular flexibility index (Phi) is 4.00. The van der Waals surface area contributed by atoms with E-state index in [1.807, 2.05) is 0 Å². The number of likely N-dealkylation sites (tertiary alicyclic amines) is 1. The normalized spacial score (nSPS) is 19.4. The number of piperidine rings is 1. The fourth-order valence-electron chi connectivity index (χ4n) is 2.16. The van der Waals surface area contributed by atoms with Crippen molar-refractivity contribution in [2.45, 2.75) is 13.3 Å². The van der Waals surface area contributed by atoms with Crippen LogP contribution in [0, 0.1) is 5.92 Å². The van der Waals surface area contributed by atoms with Crippen LogP contribution in [0.25, 0.3) is 0 Å². The van der Waals surface area contributed by atoms with Crippen LogP contribution in [-0.4, -0.2) is 35.5 Å². The molecular formula is C14H14ClNO3. The molecule has 0 spiro atoms. The molecule has 0 N–H and O–H groups in total. The van der Waals surface area contributed by atoms with Crippen LogP contribution in [0.2, 0.25) is 5.02 Å². The SMILES string of the molecule is CC(=O)N1CCC(=O)C(C(=O)c2ccc(Cl)cc2)C1. The zero-order chi connectivity index (χ0) is 14.0. The third-order valence-corrected chi connectivity index (χ3v) is 3.56. The Balaban J connectivity index is 2.19. The van der Waals surface area contributed by atoms with Crippen molar-refractivity contribution in [1.82, 2.24) is 4.90 Å². The quantitative estimate of drug-likeness (QED) is 0.614. The molecule has 2 rings (SSSR count). The van der Waals surface area contributed by atoms with Crippen LogP contribution in [0.4, 0.5) is 0 Å². The molecule has 0 saturated carbocycles. The van der Waals surface area contributed by atoms with E-state index in [4.69, 9.17) is 11.6 Å². The Bertz CT molecular complexity index is 524. The first-order valence-electron chi connectivity index (χ1n) is 6.07. The smallest absolute Gasteiger partial charge is 0.219 e. The van der Waals surface area contributed by atoms with Crippen LogP contribution < -0.4 is 0 Å². The van der Waals surface area contributed by atoms with Crippen molar-refractivity contribution >= 4 is 29.1 Å². The molecule has 0 aromatic heterocycles. The number of carbonyl (C=O) groups is 3. The Labute approximate surface area is 116 Å². The summed E-state index contributed by atoms with van der Waals surface area (Å²) >= 11 is 5.76. The van der Waals surface area contributed by atoms with Gasteiger partial charge in [-0.1, -0.05) is 11.6 Å². The van der Waals surface area contributed by atoms with Gasteiger partial charge in [0.15, 0.2) is 5.78 Å². The molecule has 0 bridgehead atoms. The van der Waals surface area contributed by atoms with Crippen LogP contribution in [0.15, 0.2) is 24.3 Å². The van der Waals surface area contributed by atoms with Crippen molar-refractivity contribution in [3.05, 3.63) is 34.9 Å².